The molecule has 0 aromatic heterocycles. The van der Waals surface area contributed by atoms with E-state index in [-0.39, 0.29) is 24.1 Å². The number of ether oxygens (including phenoxy) is 1. The summed E-state index contributed by atoms with van der Waals surface area (Å²) < 4.78 is 6.00. The van der Waals surface area contributed by atoms with E-state index in [0.717, 1.165) is 25.7 Å². The van der Waals surface area contributed by atoms with Crippen LogP contribution in [0.4, 0.5) is 4.79 Å². The van der Waals surface area contributed by atoms with Gasteiger partial charge in [0.1, 0.15) is 6.61 Å². The minimum Gasteiger partial charge on any atom is -0.448 e. The van der Waals surface area contributed by atoms with E-state index in [9.17, 15) is 4.79 Å². The average molecular weight is 436 g/mol. The Balaban J connectivity index is 1.20. The summed E-state index contributed by atoms with van der Waals surface area (Å²) in [6.07, 6.45) is 6.16. The van der Waals surface area contributed by atoms with Crippen molar-refractivity contribution in [1.29, 1.82) is 0 Å². The van der Waals surface area contributed by atoms with Gasteiger partial charge in [-0.25, -0.2) is 4.79 Å². The summed E-state index contributed by atoms with van der Waals surface area (Å²) in [5.41, 5.74) is 9.07. The second-order valence-electron chi connectivity index (χ2n) is 9.46. The van der Waals surface area contributed by atoms with Crippen LogP contribution in [0.25, 0.3) is 16.7 Å². The quantitative estimate of drug-likeness (QED) is 0.450. The Kier molecular flexibility index (Phi) is 5.05. The predicted molar refractivity (Wildman–Crippen MR) is 132 cm³/mol. The van der Waals surface area contributed by atoms with E-state index >= 15 is 0 Å². The highest BCUT2D eigenvalue weighted by atomic mass is 16.6. The molecular weight excluding hydrogens is 406 g/mol. The Labute approximate surface area is 195 Å². The van der Waals surface area contributed by atoms with Crippen LogP contribution < -0.4 is 0 Å². The highest BCUT2D eigenvalue weighted by Crippen LogP contribution is 2.45. The number of carbonyl (C=O) groups excluding carboxylic acids is 1. The van der Waals surface area contributed by atoms with Crippen molar-refractivity contribution in [2.45, 2.75) is 50.6 Å². The lowest BCUT2D eigenvalue weighted by atomic mass is 9.93. The van der Waals surface area contributed by atoms with Crippen molar-refractivity contribution >= 4 is 11.7 Å². The first-order chi connectivity index (χ1) is 16.2. The molecule has 1 saturated heterocycles. The first kappa shape index (κ1) is 20.3. The Bertz CT molecular complexity index is 1200. The maximum absolute atomic E-state index is 13.3. The Morgan fingerprint density at radius 3 is 2.36 bits per heavy atom. The molecule has 1 amide bonds. The molecule has 0 saturated carbocycles. The van der Waals surface area contributed by atoms with Crippen LogP contribution in [0.5, 0.6) is 0 Å². The second-order valence-corrected chi connectivity index (χ2v) is 9.46. The number of nitrogens with zero attached hydrogens (tertiary/aromatic N) is 1. The molecule has 3 nitrogen and oxygen atoms in total. The standard InChI is InChI=1S/C30H29NO2/c1-2-20-8-7-9-21(16-20)22-17-23-14-15-24(18-22)31(23)30(32)33-19-29-27-12-5-3-10-25(27)26-11-4-6-13-28(26)29/h3-13,16-17,23-24,29H,2,14-15,18-19H2,1H3. The molecular formula is C30H29NO2. The van der Waals surface area contributed by atoms with E-state index in [0.29, 0.717) is 6.61 Å². The molecule has 3 aliphatic rings. The minimum absolute atomic E-state index is 0.103. The molecule has 33 heavy (non-hydrogen) atoms. The van der Waals surface area contributed by atoms with Crippen LogP contribution >= 0.6 is 0 Å². The molecule has 3 aromatic rings. The van der Waals surface area contributed by atoms with Gasteiger partial charge in [0, 0.05) is 12.0 Å². The van der Waals surface area contributed by atoms with Gasteiger partial charge in [0.25, 0.3) is 0 Å². The van der Waals surface area contributed by atoms with Crippen LogP contribution in [-0.2, 0) is 11.2 Å². The number of benzene rings is 3. The largest absolute Gasteiger partial charge is 0.448 e. The molecule has 166 valence electrons. The van der Waals surface area contributed by atoms with Gasteiger partial charge in [-0.1, -0.05) is 85.8 Å². The third-order valence-electron chi connectivity index (χ3n) is 7.65. The number of rotatable bonds is 4. The SMILES string of the molecule is CCc1cccc(C2=CC3CCC(C2)N3C(=O)OCC2c3ccccc3-c3ccccc32)c1. The van der Waals surface area contributed by atoms with Crippen LogP contribution in [0.2, 0.25) is 0 Å². The number of fused-ring (bicyclic) bond motifs is 5. The molecule has 3 heteroatoms. The summed E-state index contributed by atoms with van der Waals surface area (Å²) in [5.74, 6) is 0.103. The van der Waals surface area contributed by atoms with Crippen molar-refractivity contribution in [2.75, 3.05) is 6.61 Å². The smallest absolute Gasteiger partial charge is 0.410 e. The van der Waals surface area contributed by atoms with Gasteiger partial charge in [-0.3, -0.25) is 4.90 Å². The van der Waals surface area contributed by atoms with Crippen molar-refractivity contribution in [2.24, 2.45) is 0 Å². The van der Waals surface area contributed by atoms with Crippen LogP contribution in [0.15, 0.2) is 78.9 Å². The molecule has 2 unspecified atom stereocenters. The van der Waals surface area contributed by atoms with Gasteiger partial charge in [0.2, 0.25) is 0 Å². The van der Waals surface area contributed by atoms with Crippen LogP contribution in [0.1, 0.15) is 54.4 Å². The van der Waals surface area contributed by atoms with Gasteiger partial charge >= 0.3 is 6.09 Å². The molecule has 6 rings (SSSR count). The summed E-state index contributed by atoms with van der Waals surface area (Å²) in [6.45, 7) is 2.58. The molecule has 3 aromatic carbocycles. The number of hydrogen-bond acceptors (Lipinski definition) is 2. The zero-order valence-corrected chi connectivity index (χ0v) is 19.0. The van der Waals surface area contributed by atoms with E-state index < -0.39 is 0 Å². The molecule has 2 heterocycles. The van der Waals surface area contributed by atoms with Gasteiger partial charge in [-0.2, -0.15) is 0 Å². The maximum Gasteiger partial charge on any atom is 0.410 e. The third kappa shape index (κ3) is 3.47. The zero-order chi connectivity index (χ0) is 22.4. The number of amides is 1. The Hall–Kier alpha value is -3.33. The van der Waals surface area contributed by atoms with Gasteiger partial charge in [-0.05, 0) is 64.6 Å². The molecule has 0 spiro atoms. The summed E-state index contributed by atoms with van der Waals surface area (Å²) in [5, 5.41) is 0. The van der Waals surface area contributed by atoms with E-state index in [1.54, 1.807) is 0 Å². The van der Waals surface area contributed by atoms with Crippen LogP contribution in [0.3, 0.4) is 0 Å². The first-order valence-electron chi connectivity index (χ1n) is 12.2. The minimum atomic E-state index is -0.165. The highest BCUT2D eigenvalue weighted by molar-refractivity contribution is 5.79. The van der Waals surface area contributed by atoms with Crippen molar-refractivity contribution in [3.63, 3.8) is 0 Å². The average Bonchev–Trinajstić information content (AvgIpc) is 3.33. The molecule has 2 atom stereocenters. The zero-order valence-electron chi connectivity index (χ0n) is 19.0. The molecule has 1 fully saturated rings. The molecule has 2 aliphatic heterocycles. The van der Waals surface area contributed by atoms with E-state index in [4.69, 9.17) is 4.74 Å². The van der Waals surface area contributed by atoms with Gasteiger partial charge in [0.15, 0.2) is 0 Å². The van der Waals surface area contributed by atoms with Crippen molar-refractivity contribution in [1.82, 2.24) is 4.90 Å². The lowest BCUT2D eigenvalue weighted by molar-refractivity contribution is 0.0866. The fraction of sp³-hybridized carbons (Fsp3) is 0.300. The fourth-order valence-electron chi connectivity index (χ4n) is 5.99. The van der Waals surface area contributed by atoms with E-state index in [2.05, 4.69) is 85.8 Å². The third-order valence-corrected chi connectivity index (χ3v) is 7.65. The predicted octanol–water partition coefficient (Wildman–Crippen LogP) is 6.82. The van der Waals surface area contributed by atoms with Crippen LogP contribution in [0, 0.1) is 0 Å². The fourth-order valence-corrected chi connectivity index (χ4v) is 5.99. The molecule has 0 radical (unpaired) electrons. The maximum atomic E-state index is 13.3. The lowest BCUT2D eigenvalue weighted by Crippen LogP contribution is -2.43. The van der Waals surface area contributed by atoms with Crippen molar-refractivity contribution in [3.8, 4) is 11.1 Å². The van der Waals surface area contributed by atoms with Gasteiger partial charge in [-0.15, -0.1) is 0 Å². The van der Waals surface area contributed by atoms with Gasteiger partial charge < -0.3 is 4.74 Å². The first-order valence-corrected chi connectivity index (χ1v) is 12.2. The summed E-state index contributed by atoms with van der Waals surface area (Å²) in [7, 11) is 0. The second kappa shape index (κ2) is 8.22. The molecule has 1 aliphatic carbocycles. The normalized spacial score (nSPS) is 20.9. The van der Waals surface area contributed by atoms with E-state index in [1.165, 1.54) is 39.0 Å². The van der Waals surface area contributed by atoms with Crippen molar-refractivity contribution in [3.05, 3.63) is 101 Å². The Morgan fingerprint density at radius 2 is 1.67 bits per heavy atom. The topological polar surface area (TPSA) is 29.5 Å². The van der Waals surface area contributed by atoms with E-state index in [1.807, 2.05) is 4.90 Å². The summed E-state index contributed by atoms with van der Waals surface area (Å²) in [6, 6.07) is 26.2. The summed E-state index contributed by atoms with van der Waals surface area (Å²) in [4.78, 5) is 15.3. The van der Waals surface area contributed by atoms with Crippen LogP contribution in [-0.4, -0.2) is 29.7 Å². The number of hydrogen-bond donors (Lipinski definition) is 0. The van der Waals surface area contributed by atoms with Gasteiger partial charge in [0.05, 0.1) is 6.04 Å². The molecule has 0 N–H and O–H groups in total. The van der Waals surface area contributed by atoms with Crippen molar-refractivity contribution < 1.29 is 9.53 Å². The Morgan fingerprint density at radius 1 is 0.939 bits per heavy atom. The number of carbonyl (C=O) groups is 1. The monoisotopic (exact) mass is 435 g/mol. The molecule has 2 bridgehead atoms. The number of aryl methyl sites for hydroxylation is 1. The summed E-state index contributed by atoms with van der Waals surface area (Å²) >= 11 is 0. The highest BCUT2D eigenvalue weighted by Gasteiger charge is 2.41. The lowest BCUT2D eigenvalue weighted by Gasteiger charge is -2.33.